The van der Waals surface area contributed by atoms with E-state index in [2.05, 4.69) is 10.1 Å². The molecule has 0 spiro atoms. The lowest BCUT2D eigenvalue weighted by Crippen LogP contribution is -2.05. The van der Waals surface area contributed by atoms with Gasteiger partial charge in [0.2, 0.25) is 0 Å². The lowest BCUT2D eigenvalue weighted by molar-refractivity contribution is -0.0511. The summed E-state index contributed by atoms with van der Waals surface area (Å²) in [5.74, 6) is 0.233. The smallest absolute Gasteiger partial charge is 0.387 e. The number of ether oxygens (including phenoxy) is 2. The molecule has 0 unspecified atom stereocenters. The minimum Gasteiger partial charge on any atom is -0.493 e. The Hall–Kier alpha value is -2.34. The standard InChI is InChI=1S/C16H17F2NO3/c1-21-14-7-6-13(8-15(14)22-16(17)18)19-9-11-2-4-12(10-20)5-3-11/h2-8,16,19-20H,9-10H2,1H3. The number of aliphatic hydroxyl groups excluding tert-OH is 1. The Bertz CT molecular complexity index is 603. The van der Waals surface area contributed by atoms with E-state index in [1.54, 1.807) is 12.1 Å². The molecule has 0 saturated heterocycles. The van der Waals surface area contributed by atoms with Crippen molar-refractivity contribution in [2.24, 2.45) is 0 Å². The first kappa shape index (κ1) is 16.0. The molecule has 0 aliphatic rings. The lowest BCUT2D eigenvalue weighted by atomic mass is 10.1. The van der Waals surface area contributed by atoms with Gasteiger partial charge in [-0.05, 0) is 23.3 Å². The van der Waals surface area contributed by atoms with Gasteiger partial charge in [-0.25, -0.2) is 0 Å². The second kappa shape index (κ2) is 7.61. The van der Waals surface area contributed by atoms with Crippen LogP contribution in [0.5, 0.6) is 11.5 Å². The molecular formula is C16H17F2NO3. The highest BCUT2D eigenvalue weighted by Crippen LogP contribution is 2.31. The molecule has 0 atom stereocenters. The summed E-state index contributed by atoms with van der Waals surface area (Å²) >= 11 is 0. The van der Waals surface area contributed by atoms with Crippen LogP contribution in [0.15, 0.2) is 42.5 Å². The molecule has 2 rings (SSSR count). The van der Waals surface area contributed by atoms with Crippen LogP contribution in [-0.2, 0) is 13.2 Å². The van der Waals surface area contributed by atoms with E-state index < -0.39 is 6.61 Å². The average Bonchev–Trinajstić information content (AvgIpc) is 2.53. The Morgan fingerprint density at radius 1 is 1.05 bits per heavy atom. The molecule has 0 heterocycles. The van der Waals surface area contributed by atoms with Crippen molar-refractivity contribution in [3.05, 3.63) is 53.6 Å². The molecule has 0 bridgehead atoms. The molecule has 0 amide bonds. The van der Waals surface area contributed by atoms with Gasteiger partial charge in [0.05, 0.1) is 13.7 Å². The van der Waals surface area contributed by atoms with Crippen LogP contribution in [0.4, 0.5) is 14.5 Å². The second-order valence-electron chi connectivity index (χ2n) is 4.57. The van der Waals surface area contributed by atoms with Crippen LogP contribution in [0.25, 0.3) is 0 Å². The molecule has 22 heavy (non-hydrogen) atoms. The number of nitrogens with one attached hydrogen (secondary N) is 1. The molecule has 4 nitrogen and oxygen atoms in total. The molecule has 0 aliphatic heterocycles. The largest absolute Gasteiger partial charge is 0.493 e. The van der Waals surface area contributed by atoms with Crippen molar-refractivity contribution in [1.29, 1.82) is 0 Å². The molecule has 0 fully saturated rings. The Balaban J connectivity index is 2.05. The monoisotopic (exact) mass is 309 g/mol. The van der Waals surface area contributed by atoms with E-state index in [9.17, 15) is 8.78 Å². The molecule has 0 saturated carbocycles. The van der Waals surface area contributed by atoms with E-state index in [0.717, 1.165) is 11.1 Å². The van der Waals surface area contributed by atoms with Crippen molar-refractivity contribution < 1.29 is 23.4 Å². The van der Waals surface area contributed by atoms with Crippen LogP contribution < -0.4 is 14.8 Å². The van der Waals surface area contributed by atoms with Gasteiger partial charge in [-0.1, -0.05) is 24.3 Å². The second-order valence-corrected chi connectivity index (χ2v) is 4.57. The number of alkyl halides is 2. The molecule has 0 aliphatic carbocycles. The number of hydrogen-bond acceptors (Lipinski definition) is 4. The summed E-state index contributed by atoms with van der Waals surface area (Å²) in [4.78, 5) is 0. The number of rotatable bonds is 7. The predicted octanol–water partition coefficient (Wildman–Crippen LogP) is 3.40. The zero-order chi connectivity index (χ0) is 15.9. The summed E-state index contributed by atoms with van der Waals surface area (Å²) in [6, 6.07) is 12.2. The van der Waals surface area contributed by atoms with Gasteiger partial charge in [-0.15, -0.1) is 0 Å². The quantitative estimate of drug-likeness (QED) is 0.823. The van der Waals surface area contributed by atoms with E-state index in [1.165, 1.54) is 13.2 Å². The highest BCUT2D eigenvalue weighted by atomic mass is 19.3. The van der Waals surface area contributed by atoms with Gasteiger partial charge in [0.15, 0.2) is 11.5 Å². The van der Waals surface area contributed by atoms with Crippen LogP contribution in [0.1, 0.15) is 11.1 Å². The Kier molecular flexibility index (Phi) is 5.55. The van der Waals surface area contributed by atoms with Gasteiger partial charge in [0.1, 0.15) is 0 Å². The molecular weight excluding hydrogens is 292 g/mol. The minimum atomic E-state index is -2.91. The fourth-order valence-electron chi connectivity index (χ4n) is 1.94. The van der Waals surface area contributed by atoms with Crippen LogP contribution in [0.3, 0.4) is 0 Å². The average molecular weight is 309 g/mol. The third kappa shape index (κ3) is 4.33. The van der Waals surface area contributed by atoms with Crippen molar-refractivity contribution in [1.82, 2.24) is 0 Å². The van der Waals surface area contributed by atoms with Gasteiger partial charge in [-0.2, -0.15) is 8.78 Å². The summed E-state index contributed by atoms with van der Waals surface area (Å²) in [5.41, 5.74) is 2.48. The maximum absolute atomic E-state index is 12.4. The summed E-state index contributed by atoms with van der Waals surface area (Å²) in [5, 5.41) is 12.1. The minimum absolute atomic E-state index is 0.000511. The Morgan fingerprint density at radius 3 is 2.32 bits per heavy atom. The highest BCUT2D eigenvalue weighted by Gasteiger charge is 2.11. The first-order valence-corrected chi connectivity index (χ1v) is 6.67. The van der Waals surface area contributed by atoms with Crippen molar-refractivity contribution in [2.75, 3.05) is 12.4 Å². The predicted molar refractivity (Wildman–Crippen MR) is 79.3 cm³/mol. The highest BCUT2D eigenvalue weighted by molar-refractivity contribution is 5.55. The van der Waals surface area contributed by atoms with Crippen LogP contribution in [0, 0.1) is 0 Å². The molecule has 0 radical (unpaired) electrons. The maximum Gasteiger partial charge on any atom is 0.387 e. The molecule has 2 N–H and O–H groups in total. The van der Waals surface area contributed by atoms with Gasteiger partial charge >= 0.3 is 6.61 Å². The summed E-state index contributed by atoms with van der Waals surface area (Å²) < 4.78 is 34.2. The Labute approximate surface area is 127 Å². The number of methoxy groups -OCH3 is 1. The van der Waals surface area contributed by atoms with Crippen LogP contribution in [-0.4, -0.2) is 18.8 Å². The number of aliphatic hydroxyl groups is 1. The van der Waals surface area contributed by atoms with Crippen molar-refractivity contribution in [3.8, 4) is 11.5 Å². The third-order valence-corrected chi connectivity index (χ3v) is 3.08. The number of hydrogen-bond donors (Lipinski definition) is 2. The normalized spacial score (nSPS) is 10.6. The summed E-state index contributed by atoms with van der Waals surface area (Å²) in [7, 11) is 1.39. The van der Waals surface area contributed by atoms with Gasteiger partial charge in [0, 0.05) is 18.3 Å². The molecule has 0 aromatic heterocycles. The van der Waals surface area contributed by atoms with E-state index in [-0.39, 0.29) is 18.1 Å². The van der Waals surface area contributed by atoms with Crippen LogP contribution in [0.2, 0.25) is 0 Å². The maximum atomic E-state index is 12.4. The molecule has 2 aromatic carbocycles. The van der Waals surface area contributed by atoms with Gasteiger partial charge in [0.25, 0.3) is 0 Å². The molecule has 118 valence electrons. The van der Waals surface area contributed by atoms with Crippen molar-refractivity contribution >= 4 is 5.69 Å². The van der Waals surface area contributed by atoms with Crippen molar-refractivity contribution in [3.63, 3.8) is 0 Å². The first-order valence-electron chi connectivity index (χ1n) is 6.67. The molecule has 2 aromatic rings. The lowest BCUT2D eigenvalue weighted by Gasteiger charge is -2.13. The zero-order valence-corrected chi connectivity index (χ0v) is 12.1. The fraction of sp³-hybridized carbons (Fsp3) is 0.250. The van der Waals surface area contributed by atoms with Gasteiger partial charge in [-0.3, -0.25) is 0 Å². The van der Waals surface area contributed by atoms with E-state index in [0.29, 0.717) is 12.2 Å². The summed E-state index contributed by atoms with van der Waals surface area (Å²) in [6.07, 6.45) is 0. The zero-order valence-electron chi connectivity index (χ0n) is 12.1. The third-order valence-electron chi connectivity index (χ3n) is 3.08. The van der Waals surface area contributed by atoms with E-state index >= 15 is 0 Å². The SMILES string of the molecule is COc1ccc(NCc2ccc(CO)cc2)cc1OC(F)F. The number of halogens is 2. The Morgan fingerprint density at radius 2 is 1.73 bits per heavy atom. The topological polar surface area (TPSA) is 50.7 Å². The molecule has 6 heteroatoms. The van der Waals surface area contributed by atoms with Crippen LogP contribution >= 0.6 is 0 Å². The number of benzene rings is 2. The van der Waals surface area contributed by atoms with Gasteiger partial charge < -0.3 is 19.9 Å². The first-order chi connectivity index (χ1) is 10.6. The summed E-state index contributed by atoms with van der Waals surface area (Å²) in [6.45, 7) is -2.39. The van der Waals surface area contributed by atoms with E-state index in [1.807, 2.05) is 24.3 Å². The van der Waals surface area contributed by atoms with Crippen molar-refractivity contribution in [2.45, 2.75) is 19.8 Å². The fourth-order valence-corrected chi connectivity index (χ4v) is 1.94. The number of anilines is 1. The van der Waals surface area contributed by atoms with E-state index in [4.69, 9.17) is 9.84 Å².